The van der Waals surface area contributed by atoms with Crippen molar-refractivity contribution in [2.24, 2.45) is 0 Å². The number of amides is 12. The molecule has 0 saturated carbocycles. The van der Waals surface area contributed by atoms with E-state index in [2.05, 4.69) is 58.5 Å². The number of methoxy groups -OCH3 is 2. The molecule has 17 atom stereocenters. The number of rotatable bonds is 70. The summed E-state index contributed by atoms with van der Waals surface area (Å²) in [6.07, 6.45) is -4.13. The Morgan fingerprint density at radius 1 is 0.374 bits per heavy atom. The van der Waals surface area contributed by atoms with Crippen LogP contribution in [0.1, 0.15) is 213 Å². The first kappa shape index (κ1) is 116. The van der Waals surface area contributed by atoms with Gasteiger partial charge < -0.3 is 161 Å². The van der Waals surface area contributed by atoms with Gasteiger partial charge in [-0.1, -0.05) is 60.1 Å². The number of hydrogen-bond acceptors (Lipinski definition) is 34. The van der Waals surface area contributed by atoms with Gasteiger partial charge >= 0.3 is 18.3 Å². The number of unbranched alkanes of at least 4 members (excludes halogenated alkanes) is 9. The average Bonchev–Trinajstić information content (AvgIpc) is 1.63. The van der Waals surface area contributed by atoms with E-state index in [0.29, 0.717) is 148 Å². The SMILES string of the molecule is COC[C@H]1C[C@H](OC)CN1C(=O)CCCNC(=O)CCCSSCCC(=O)NC(CCCOC(=O)NCCCCCCNC(=O)CCCOC1OC(CO)C(O)C(O)C1NC(C)=O)(CCCOC(=O)NCCCCCCNC(=O)CCCOC1OC(CO)C(O)C(O)C1NC(C)=O)CCCOC(=O)NCCCCCCNC(=O)CCCOC1OC(CO)C(O)C(O)C1NC(C)=O. The van der Waals surface area contributed by atoms with E-state index in [0.717, 1.165) is 38.5 Å². The van der Waals surface area contributed by atoms with Gasteiger partial charge in [0.25, 0.3) is 0 Å². The van der Waals surface area contributed by atoms with Crippen LogP contribution >= 0.6 is 21.6 Å². The molecular formula is C85H152N12O32S2. The highest BCUT2D eigenvalue weighted by atomic mass is 33.1. The number of aliphatic hydroxyl groups is 9. The number of ether oxygens (including phenoxy) is 11. The molecule has 4 heterocycles. The van der Waals surface area contributed by atoms with E-state index < -0.39 is 153 Å². The summed E-state index contributed by atoms with van der Waals surface area (Å²) in [4.78, 5) is 154. The molecule has 0 aromatic heterocycles. The molecule has 756 valence electrons. The molecule has 44 nitrogen and oxygen atoms in total. The highest BCUT2D eigenvalue weighted by Crippen LogP contribution is 2.31. The lowest BCUT2D eigenvalue weighted by Gasteiger charge is -2.42. The number of likely N-dealkylation sites (tertiary alicyclic amines) is 1. The Labute approximate surface area is 775 Å². The third-order valence-corrected chi connectivity index (χ3v) is 24.7. The van der Waals surface area contributed by atoms with E-state index in [4.69, 9.17) is 52.1 Å². The molecule has 131 heavy (non-hydrogen) atoms. The van der Waals surface area contributed by atoms with Crippen LogP contribution in [0.25, 0.3) is 0 Å². The van der Waals surface area contributed by atoms with Crippen molar-refractivity contribution in [2.45, 2.75) is 323 Å². The molecule has 0 aliphatic carbocycles. The minimum absolute atomic E-state index is 0.0130. The molecule has 4 fully saturated rings. The fourth-order valence-electron chi connectivity index (χ4n) is 15.2. The second-order valence-corrected chi connectivity index (χ2v) is 35.7. The van der Waals surface area contributed by atoms with Crippen LogP contribution in [-0.2, 0) is 95.3 Å². The van der Waals surface area contributed by atoms with Crippen LogP contribution < -0.4 is 58.5 Å². The Balaban J connectivity index is 1.28. The van der Waals surface area contributed by atoms with E-state index in [-0.39, 0.29) is 164 Å². The Bertz CT molecular complexity index is 3030. The Morgan fingerprint density at radius 3 is 1.03 bits per heavy atom. The van der Waals surface area contributed by atoms with E-state index in [1.807, 2.05) is 0 Å². The number of nitrogens with one attached hydrogen (secondary N) is 11. The van der Waals surface area contributed by atoms with Crippen molar-refractivity contribution >= 4 is 93.0 Å². The molecule has 20 N–H and O–H groups in total. The Hall–Kier alpha value is -6.94. The molecule has 0 spiro atoms. The van der Waals surface area contributed by atoms with Crippen molar-refractivity contribution in [1.29, 1.82) is 0 Å². The first-order chi connectivity index (χ1) is 63.0. The Morgan fingerprint density at radius 2 is 0.702 bits per heavy atom. The van der Waals surface area contributed by atoms with E-state index in [1.54, 1.807) is 19.1 Å². The topological polar surface area (TPSA) is 624 Å². The molecule has 0 bridgehead atoms. The zero-order valence-corrected chi connectivity index (χ0v) is 78.5. The fourth-order valence-corrected chi connectivity index (χ4v) is 17.3. The van der Waals surface area contributed by atoms with Crippen LogP contribution in [-0.4, -0.2) is 376 Å². The van der Waals surface area contributed by atoms with E-state index >= 15 is 0 Å². The van der Waals surface area contributed by atoms with Gasteiger partial charge in [-0.2, -0.15) is 0 Å². The minimum atomic E-state index is -1.46. The van der Waals surface area contributed by atoms with Gasteiger partial charge in [-0.25, -0.2) is 14.4 Å². The lowest BCUT2D eigenvalue weighted by molar-refractivity contribution is -0.270. The second-order valence-electron chi connectivity index (χ2n) is 33.0. The minimum Gasteiger partial charge on any atom is -0.450 e. The standard InChI is InChI=1S/C85H152N12O32S2/c1-56(101)93-70-76(113)73(110)61(52-98)127-79(70)121-42-19-26-64(104)86-35-12-6-9-15-38-90-82(116)124-45-23-32-85(96-68(108)31-49-131-130-48-22-29-67(107)89-41-18-30-69(109)97-51-60(120-5)50-59(97)55-119-4,33-24-46-125-83(117)91-39-16-10-7-13-36-87-65(105)27-20-43-122-80-71(94-57(2)102)77(114)74(111)62(53-99)128-80)34-25-47-126-84(118)92-40-17-11-8-14-37-88-66(106)28-21-44-123-81-72(95-58(3)103)78(115)75(112)63(54-100)129-81/h59-63,70-81,98-100,110-115H,6-55H2,1-5H3,(H,86,104)(H,87,105)(H,88,106)(H,89,107)(H,90,116)(H,91,117)(H,92,118)(H,93,101)(H,94,102)(H,95,103)(H,96,108)/t59-,60+,61?,62?,63?,70?,71?,72?,73?,74?,75?,76?,77?,78?,79?,80?,81?,85?/m1/s1. The molecule has 0 radical (unpaired) electrons. The smallest absolute Gasteiger partial charge is 0.407 e. The summed E-state index contributed by atoms with van der Waals surface area (Å²) in [5.74, 6) is -1.52. The molecule has 4 aliphatic heterocycles. The van der Waals surface area contributed by atoms with Crippen molar-refractivity contribution in [3.05, 3.63) is 0 Å². The van der Waals surface area contributed by atoms with Crippen LogP contribution in [0.15, 0.2) is 0 Å². The molecule has 12 amide bonds. The maximum atomic E-state index is 14.2. The van der Waals surface area contributed by atoms with Crippen molar-refractivity contribution in [1.82, 2.24) is 63.4 Å². The molecule has 0 aromatic carbocycles. The van der Waals surface area contributed by atoms with Gasteiger partial charge in [0.15, 0.2) is 18.9 Å². The number of alkyl carbamates (subject to hydrolysis) is 3. The maximum Gasteiger partial charge on any atom is 0.407 e. The van der Waals surface area contributed by atoms with Gasteiger partial charge in [0, 0.05) is 143 Å². The predicted octanol–water partition coefficient (Wildman–Crippen LogP) is -0.678. The first-order valence-corrected chi connectivity index (χ1v) is 48.7. The van der Waals surface area contributed by atoms with Crippen molar-refractivity contribution < 1.29 is 156 Å². The van der Waals surface area contributed by atoms with Crippen LogP contribution in [0.5, 0.6) is 0 Å². The van der Waals surface area contributed by atoms with Crippen molar-refractivity contribution in [2.75, 3.05) is 144 Å². The zero-order chi connectivity index (χ0) is 96.1. The molecule has 4 aliphatic rings. The molecular weight excluding hydrogens is 1770 g/mol. The molecule has 15 unspecified atom stereocenters. The van der Waals surface area contributed by atoms with E-state index in [9.17, 15) is 103 Å². The quantitative estimate of drug-likeness (QED) is 0.0204. The van der Waals surface area contributed by atoms with Crippen LogP contribution in [0.2, 0.25) is 0 Å². The normalized spacial score (nSPS) is 24.0. The first-order valence-electron chi connectivity index (χ1n) is 46.2. The zero-order valence-electron chi connectivity index (χ0n) is 76.8. The third kappa shape index (κ3) is 48.9. The summed E-state index contributed by atoms with van der Waals surface area (Å²) in [5, 5.41) is 122. The number of hydrogen-bond donors (Lipinski definition) is 20. The summed E-state index contributed by atoms with van der Waals surface area (Å²) < 4.78 is 61.5. The predicted molar refractivity (Wildman–Crippen MR) is 477 cm³/mol. The van der Waals surface area contributed by atoms with Gasteiger partial charge in [-0.3, -0.25) is 43.2 Å². The highest BCUT2D eigenvalue weighted by Gasteiger charge is 2.48. The van der Waals surface area contributed by atoms with Crippen molar-refractivity contribution in [3.8, 4) is 0 Å². The van der Waals surface area contributed by atoms with Crippen LogP contribution in [0, 0.1) is 0 Å². The van der Waals surface area contributed by atoms with Crippen LogP contribution in [0.4, 0.5) is 14.4 Å². The summed E-state index contributed by atoms with van der Waals surface area (Å²) in [5.41, 5.74) is -0.982. The molecule has 46 heteroatoms. The summed E-state index contributed by atoms with van der Waals surface area (Å²) in [7, 11) is 6.22. The largest absolute Gasteiger partial charge is 0.450 e. The monoisotopic (exact) mass is 1920 g/mol. The van der Waals surface area contributed by atoms with E-state index in [1.165, 1.54) is 42.4 Å². The molecule has 4 rings (SSSR count). The summed E-state index contributed by atoms with van der Waals surface area (Å²) >= 11 is 0. The fraction of sp³-hybridized carbons (Fsp3) is 0.859. The number of nitrogens with zero attached hydrogens (tertiary/aromatic N) is 1. The highest BCUT2D eigenvalue weighted by molar-refractivity contribution is 8.76. The van der Waals surface area contributed by atoms with Gasteiger partial charge in [0.2, 0.25) is 53.2 Å². The van der Waals surface area contributed by atoms with Crippen LogP contribution in [0.3, 0.4) is 0 Å². The molecule has 4 saturated heterocycles. The van der Waals surface area contributed by atoms with Gasteiger partial charge in [-0.15, -0.1) is 0 Å². The second kappa shape index (κ2) is 69.0. The van der Waals surface area contributed by atoms with Crippen molar-refractivity contribution in [3.63, 3.8) is 0 Å². The Kier molecular flexibility index (Phi) is 61.3. The third-order valence-electron chi connectivity index (χ3n) is 22.2. The number of aliphatic hydroxyl groups excluding tert-OH is 9. The summed E-state index contributed by atoms with van der Waals surface area (Å²) in [6, 6.07) is -3.36. The van der Waals surface area contributed by atoms with Gasteiger partial charge in [-0.05, 0) is 116 Å². The maximum absolute atomic E-state index is 14.2. The van der Waals surface area contributed by atoms with Gasteiger partial charge in [0.05, 0.1) is 78.2 Å². The molecule has 0 aromatic rings. The lowest BCUT2D eigenvalue weighted by Crippen LogP contribution is -2.64. The summed E-state index contributed by atoms with van der Waals surface area (Å²) in [6.45, 7) is 5.28. The lowest BCUT2D eigenvalue weighted by atomic mass is 9.83. The van der Waals surface area contributed by atoms with Gasteiger partial charge in [0.1, 0.15) is 73.1 Å². The number of carbonyl (C=O) groups excluding carboxylic acids is 12. The average molecular weight is 1920 g/mol. The number of carbonyl (C=O) groups is 12.